The summed E-state index contributed by atoms with van der Waals surface area (Å²) in [6.45, 7) is 2.85. The lowest BCUT2D eigenvalue weighted by Crippen LogP contribution is -2.48. The van der Waals surface area contributed by atoms with Crippen molar-refractivity contribution >= 4 is 11.9 Å². The Labute approximate surface area is 94.8 Å². The molecule has 1 fully saturated rings. The molecule has 1 unspecified atom stereocenters. The van der Waals surface area contributed by atoms with Crippen LogP contribution in [0.5, 0.6) is 0 Å². The minimum atomic E-state index is -0.556. The van der Waals surface area contributed by atoms with Crippen molar-refractivity contribution in [1.29, 1.82) is 0 Å². The maximum Gasteiger partial charge on any atom is 0.314 e. The minimum Gasteiger partial charge on any atom is -0.392 e. The average Bonchev–Trinajstić information content (AvgIpc) is 2.26. The molecule has 0 aromatic heterocycles. The van der Waals surface area contributed by atoms with Crippen LogP contribution in [0.3, 0.4) is 0 Å². The van der Waals surface area contributed by atoms with Crippen molar-refractivity contribution < 1.29 is 14.7 Å². The zero-order valence-corrected chi connectivity index (χ0v) is 9.48. The van der Waals surface area contributed by atoms with E-state index in [1.54, 1.807) is 6.92 Å². The normalized spacial score (nSPS) is 22.6. The molecule has 16 heavy (non-hydrogen) atoms. The van der Waals surface area contributed by atoms with Gasteiger partial charge in [0.05, 0.1) is 12.0 Å². The molecule has 0 saturated carbocycles. The number of carbonyl (C=O) groups is 2. The predicted octanol–water partition coefficient (Wildman–Crippen LogP) is -0.726. The number of likely N-dealkylation sites (tertiary alicyclic amines) is 1. The number of aliphatic hydroxyl groups excluding tert-OH is 1. The first-order valence-corrected chi connectivity index (χ1v) is 5.51. The molecule has 4 N–H and O–H groups in total. The van der Waals surface area contributed by atoms with Gasteiger partial charge in [-0.15, -0.1) is 0 Å². The second-order valence-corrected chi connectivity index (χ2v) is 4.22. The molecule has 1 heterocycles. The van der Waals surface area contributed by atoms with Crippen LogP contribution in [0.1, 0.15) is 19.8 Å². The van der Waals surface area contributed by atoms with Gasteiger partial charge in [-0.3, -0.25) is 4.79 Å². The van der Waals surface area contributed by atoms with Crippen LogP contribution < -0.4 is 11.1 Å². The lowest BCUT2D eigenvalue weighted by Gasteiger charge is -2.30. The summed E-state index contributed by atoms with van der Waals surface area (Å²) in [6.07, 6.45) is 0.991. The van der Waals surface area contributed by atoms with E-state index in [0.717, 1.165) is 12.8 Å². The molecule has 0 bridgehead atoms. The summed E-state index contributed by atoms with van der Waals surface area (Å²) >= 11 is 0. The highest BCUT2D eigenvalue weighted by Gasteiger charge is 2.27. The first kappa shape index (κ1) is 12.8. The summed E-state index contributed by atoms with van der Waals surface area (Å²) in [7, 11) is 0. The van der Waals surface area contributed by atoms with E-state index in [4.69, 9.17) is 10.8 Å². The molecule has 6 nitrogen and oxygen atoms in total. The topological polar surface area (TPSA) is 95.7 Å². The van der Waals surface area contributed by atoms with E-state index in [1.165, 1.54) is 4.90 Å². The number of urea groups is 1. The van der Waals surface area contributed by atoms with Gasteiger partial charge in [-0.05, 0) is 19.8 Å². The van der Waals surface area contributed by atoms with E-state index in [0.29, 0.717) is 13.1 Å². The van der Waals surface area contributed by atoms with Crippen molar-refractivity contribution in [2.75, 3.05) is 19.6 Å². The SMILES string of the molecule is C[C@H](O)CNC(=O)C1CCCN(C(N)=O)C1. The first-order valence-electron chi connectivity index (χ1n) is 5.51. The number of rotatable bonds is 3. The third-order valence-corrected chi connectivity index (χ3v) is 2.68. The van der Waals surface area contributed by atoms with E-state index in [-0.39, 0.29) is 18.4 Å². The number of nitrogens with one attached hydrogen (secondary N) is 1. The van der Waals surface area contributed by atoms with Gasteiger partial charge in [-0.25, -0.2) is 4.79 Å². The number of amides is 3. The summed E-state index contributed by atoms with van der Waals surface area (Å²) < 4.78 is 0. The number of piperidine rings is 1. The quantitative estimate of drug-likeness (QED) is 0.595. The second kappa shape index (κ2) is 5.69. The van der Waals surface area contributed by atoms with Crippen molar-refractivity contribution in [3.63, 3.8) is 0 Å². The number of aliphatic hydroxyl groups is 1. The molecule has 6 heteroatoms. The summed E-state index contributed by atoms with van der Waals surface area (Å²) in [5.41, 5.74) is 5.17. The van der Waals surface area contributed by atoms with Crippen LogP contribution in [0, 0.1) is 5.92 Å². The summed E-state index contributed by atoms with van der Waals surface area (Å²) in [4.78, 5) is 24.1. The van der Waals surface area contributed by atoms with Crippen molar-refractivity contribution in [1.82, 2.24) is 10.2 Å². The van der Waals surface area contributed by atoms with E-state index in [9.17, 15) is 9.59 Å². The zero-order chi connectivity index (χ0) is 12.1. The first-order chi connectivity index (χ1) is 7.50. The van der Waals surface area contributed by atoms with Gasteiger partial charge in [0.1, 0.15) is 0 Å². The van der Waals surface area contributed by atoms with E-state index in [2.05, 4.69) is 5.32 Å². The molecule has 0 aromatic carbocycles. The van der Waals surface area contributed by atoms with Gasteiger partial charge < -0.3 is 21.1 Å². The molecule has 1 rings (SSSR count). The second-order valence-electron chi connectivity index (χ2n) is 4.22. The molecule has 0 aromatic rings. The van der Waals surface area contributed by atoms with Gasteiger partial charge >= 0.3 is 6.03 Å². The average molecular weight is 229 g/mol. The fourth-order valence-electron chi connectivity index (χ4n) is 1.78. The Morgan fingerprint density at radius 3 is 2.88 bits per heavy atom. The van der Waals surface area contributed by atoms with E-state index >= 15 is 0 Å². The third kappa shape index (κ3) is 3.69. The van der Waals surface area contributed by atoms with Crippen LogP contribution >= 0.6 is 0 Å². The van der Waals surface area contributed by atoms with Crippen molar-refractivity contribution in [2.24, 2.45) is 11.7 Å². The Hall–Kier alpha value is -1.30. The highest BCUT2D eigenvalue weighted by molar-refractivity contribution is 5.80. The lowest BCUT2D eigenvalue weighted by atomic mass is 9.97. The Morgan fingerprint density at radius 1 is 1.62 bits per heavy atom. The molecular formula is C10H19N3O3. The highest BCUT2D eigenvalue weighted by atomic mass is 16.3. The largest absolute Gasteiger partial charge is 0.392 e. The van der Waals surface area contributed by atoms with E-state index < -0.39 is 12.1 Å². The molecule has 0 aliphatic carbocycles. The van der Waals surface area contributed by atoms with E-state index in [1.807, 2.05) is 0 Å². The molecule has 0 radical (unpaired) electrons. The molecule has 3 amide bonds. The fourth-order valence-corrected chi connectivity index (χ4v) is 1.78. The molecule has 1 saturated heterocycles. The van der Waals surface area contributed by atoms with Crippen LogP contribution in [-0.4, -0.2) is 47.7 Å². The van der Waals surface area contributed by atoms with Gasteiger partial charge in [0.25, 0.3) is 0 Å². The Balaban J connectivity index is 2.41. The van der Waals surface area contributed by atoms with Crippen LogP contribution in [-0.2, 0) is 4.79 Å². The zero-order valence-electron chi connectivity index (χ0n) is 9.48. The highest BCUT2D eigenvalue weighted by Crippen LogP contribution is 2.16. The molecule has 92 valence electrons. The Bertz CT molecular complexity index is 268. The third-order valence-electron chi connectivity index (χ3n) is 2.68. The van der Waals surface area contributed by atoms with Gasteiger partial charge in [0.15, 0.2) is 0 Å². The van der Waals surface area contributed by atoms with Gasteiger partial charge in [-0.1, -0.05) is 0 Å². The summed E-state index contributed by atoms with van der Waals surface area (Å²) in [5, 5.41) is 11.7. The molecular weight excluding hydrogens is 210 g/mol. The predicted molar refractivity (Wildman–Crippen MR) is 58.6 cm³/mol. The van der Waals surface area contributed by atoms with Crippen LogP contribution in [0.2, 0.25) is 0 Å². The Kier molecular flexibility index (Phi) is 4.54. The van der Waals surface area contributed by atoms with Gasteiger partial charge in [-0.2, -0.15) is 0 Å². The van der Waals surface area contributed by atoms with Crippen molar-refractivity contribution in [2.45, 2.75) is 25.9 Å². The fraction of sp³-hybridized carbons (Fsp3) is 0.800. The number of carbonyl (C=O) groups excluding carboxylic acids is 2. The monoisotopic (exact) mass is 229 g/mol. The molecule has 1 aliphatic rings. The maximum absolute atomic E-state index is 11.7. The maximum atomic E-state index is 11.7. The number of primary amides is 1. The Morgan fingerprint density at radius 2 is 2.31 bits per heavy atom. The number of nitrogens with zero attached hydrogens (tertiary/aromatic N) is 1. The van der Waals surface area contributed by atoms with Crippen molar-refractivity contribution in [3.05, 3.63) is 0 Å². The van der Waals surface area contributed by atoms with Crippen LogP contribution in [0.15, 0.2) is 0 Å². The number of hydrogen-bond donors (Lipinski definition) is 3. The lowest BCUT2D eigenvalue weighted by molar-refractivity contribution is -0.126. The smallest absolute Gasteiger partial charge is 0.314 e. The van der Waals surface area contributed by atoms with Crippen molar-refractivity contribution in [3.8, 4) is 0 Å². The summed E-state index contributed by atoms with van der Waals surface area (Å²) in [5.74, 6) is -0.327. The van der Waals surface area contributed by atoms with Crippen LogP contribution in [0.4, 0.5) is 4.79 Å². The summed E-state index contributed by atoms with van der Waals surface area (Å²) in [6, 6.07) is -0.479. The molecule has 2 atom stereocenters. The minimum absolute atomic E-state index is 0.119. The van der Waals surface area contributed by atoms with Crippen LogP contribution in [0.25, 0.3) is 0 Å². The molecule has 0 spiro atoms. The van der Waals surface area contributed by atoms with Gasteiger partial charge in [0.2, 0.25) is 5.91 Å². The number of nitrogens with two attached hydrogens (primary N) is 1. The van der Waals surface area contributed by atoms with Gasteiger partial charge in [0, 0.05) is 19.6 Å². The standard InChI is InChI=1S/C10H19N3O3/c1-7(14)5-12-9(15)8-3-2-4-13(6-8)10(11)16/h7-8,14H,2-6H2,1H3,(H2,11,16)(H,12,15)/t7-,8?/m0/s1. The molecule has 1 aliphatic heterocycles. The number of hydrogen-bond acceptors (Lipinski definition) is 3.